The molecule has 1 aliphatic rings. The van der Waals surface area contributed by atoms with Gasteiger partial charge in [-0.3, -0.25) is 0 Å². The molecule has 18 heavy (non-hydrogen) atoms. The van der Waals surface area contributed by atoms with Gasteiger partial charge in [-0.2, -0.15) is 35.4 Å². The summed E-state index contributed by atoms with van der Waals surface area (Å²) in [4.78, 5) is 0. The van der Waals surface area contributed by atoms with Gasteiger partial charge in [0.25, 0.3) is 0 Å². The van der Waals surface area contributed by atoms with Gasteiger partial charge in [-0.15, -0.1) is 0 Å². The first kappa shape index (κ1) is 15.9. The zero-order valence-electron chi connectivity index (χ0n) is 11.0. The van der Waals surface area contributed by atoms with E-state index in [-0.39, 0.29) is 27.0 Å². The first-order valence-corrected chi connectivity index (χ1v) is 6.51. The van der Waals surface area contributed by atoms with Gasteiger partial charge in [0.15, 0.2) is 0 Å². The fraction of sp³-hybridized carbons (Fsp3) is 0.600. The van der Waals surface area contributed by atoms with Crippen LogP contribution in [0.5, 0.6) is 0 Å². The van der Waals surface area contributed by atoms with Crippen LogP contribution in [0.25, 0.3) is 0 Å². The number of benzene rings is 1. The van der Waals surface area contributed by atoms with Crippen molar-refractivity contribution in [1.82, 2.24) is 0 Å². The minimum Gasteiger partial charge on any atom is -0.394 e. The minimum atomic E-state index is -0.466. The molecule has 2 unspecified atom stereocenters. The molecule has 2 nitrogen and oxygen atoms in total. The molecule has 0 spiro atoms. The summed E-state index contributed by atoms with van der Waals surface area (Å²) >= 11 is 0. The van der Waals surface area contributed by atoms with Crippen LogP contribution in [-0.2, 0) is 26.8 Å². The van der Waals surface area contributed by atoms with Gasteiger partial charge in [0.05, 0.1) is 6.61 Å². The van der Waals surface area contributed by atoms with Gasteiger partial charge < -0.3 is 10.8 Å². The van der Waals surface area contributed by atoms with E-state index in [0.717, 1.165) is 12.8 Å². The zero-order chi connectivity index (χ0) is 12.3. The summed E-state index contributed by atoms with van der Waals surface area (Å²) in [7, 11) is 0. The molecule has 0 fully saturated rings. The second kappa shape index (κ2) is 6.82. The fourth-order valence-corrected chi connectivity index (χ4v) is 2.79. The molecular weight excluding hydrogens is 396 g/mol. The quantitative estimate of drug-likeness (QED) is 0.585. The van der Waals surface area contributed by atoms with Gasteiger partial charge in [-0.1, -0.05) is 19.3 Å². The molecule has 1 radical (unpaired) electrons. The largest absolute Gasteiger partial charge is 0.394 e. The van der Waals surface area contributed by atoms with Gasteiger partial charge in [0.1, 0.15) is 0 Å². The maximum absolute atomic E-state index is 9.31. The van der Waals surface area contributed by atoms with Crippen molar-refractivity contribution in [3.8, 4) is 0 Å². The second-order valence-electron chi connectivity index (χ2n) is 5.58. The van der Waals surface area contributed by atoms with E-state index in [0.29, 0.717) is 5.92 Å². The number of fused-ring (bicyclic) bond motifs is 1. The summed E-state index contributed by atoms with van der Waals surface area (Å²) < 4.78 is 0. The predicted octanol–water partition coefficient (Wildman–Crippen LogP) is 2.39. The Kier molecular flexibility index (Phi) is 6.01. The van der Waals surface area contributed by atoms with E-state index in [9.17, 15) is 5.11 Å². The summed E-state index contributed by atoms with van der Waals surface area (Å²) in [5.74, 6) is 0.490. The third-order valence-electron chi connectivity index (χ3n) is 3.75. The molecule has 0 aliphatic heterocycles. The average Bonchev–Trinajstić information content (AvgIpc) is 2.52. The van der Waals surface area contributed by atoms with Crippen molar-refractivity contribution in [1.29, 1.82) is 0 Å². The molecule has 101 valence electrons. The van der Waals surface area contributed by atoms with E-state index in [4.69, 9.17) is 5.73 Å². The molecule has 3 N–H and O–H groups in total. The van der Waals surface area contributed by atoms with Crippen molar-refractivity contribution in [2.45, 2.75) is 50.5 Å². The van der Waals surface area contributed by atoms with E-state index in [1.54, 1.807) is 0 Å². The molecule has 0 saturated carbocycles. The van der Waals surface area contributed by atoms with Crippen molar-refractivity contribution in [3.63, 3.8) is 0 Å². The van der Waals surface area contributed by atoms with Gasteiger partial charge in [0.2, 0.25) is 0 Å². The molecule has 0 aromatic heterocycles. The van der Waals surface area contributed by atoms with E-state index < -0.39 is 5.54 Å². The summed E-state index contributed by atoms with van der Waals surface area (Å²) in [5.41, 5.74) is 8.47. The maximum Gasteiger partial charge on any atom is 0.0608 e. The van der Waals surface area contributed by atoms with Crippen LogP contribution in [0, 0.1) is 6.07 Å². The Morgan fingerprint density at radius 1 is 1.50 bits per heavy atom. The van der Waals surface area contributed by atoms with Gasteiger partial charge >= 0.3 is 0 Å². The topological polar surface area (TPSA) is 46.2 Å². The van der Waals surface area contributed by atoms with Crippen LogP contribution in [0.1, 0.15) is 49.7 Å². The third-order valence-corrected chi connectivity index (χ3v) is 3.75. The smallest absolute Gasteiger partial charge is 0.0608 e. The van der Waals surface area contributed by atoms with Crippen LogP contribution in [0.2, 0.25) is 0 Å². The van der Waals surface area contributed by atoms with Crippen LogP contribution in [-0.4, -0.2) is 17.3 Å². The van der Waals surface area contributed by atoms with Crippen LogP contribution >= 0.6 is 0 Å². The molecule has 2 atom stereocenters. The molecule has 1 aromatic carbocycles. The number of nitrogens with two attached hydrogens (primary N) is 1. The summed E-state index contributed by atoms with van der Waals surface area (Å²) in [6.45, 7) is 1.99. The van der Waals surface area contributed by atoms with Gasteiger partial charge in [-0.25, -0.2) is 0 Å². The number of aliphatic hydroxyl groups is 1. The molecule has 1 aromatic rings. The Labute approximate surface area is 124 Å². The minimum absolute atomic E-state index is 0. The third kappa shape index (κ3) is 3.90. The maximum atomic E-state index is 9.31. The second-order valence-corrected chi connectivity index (χ2v) is 5.58. The SMILES string of the molecule is CC(N)(CO)CC1CCCCc2c[c-]ccc21.[Re]. The number of rotatable bonds is 3. The zero-order valence-corrected chi connectivity index (χ0v) is 13.7. The number of aryl methyl sites for hydroxylation is 1. The van der Waals surface area contributed by atoms with E-state index in [2.05, 4.69) is 18.2 Å². The molecule has 0 bridgehead atoms. The number of aliphatic hydroxyl groups excluding tert-OH is 1. The Morgan fingerprint density at radius 2 is 2.28 bits per heavy atom. The van der Waals surface area contributed by atoms with Gasteiger partial charge in [0, 0.05) is 26.0 Å². The number of hydrogen-bond acceptors (Lipinski definition) is 2. The van der Waals surface area contributed by atoms with Crippen molar-refractivity contribution in [2.75, 3.05) is 6.61 Å². The summed E-state index contributed by atoms with van der Waals surface area (Å²) in [6.07, 6.45) is 5.70. The number of hydrogen-bond donors (Lipinski definition) is 2. The molecular formula is C15H22NORe-. The van der Waals surface area contributed by atoms with Crippen LogP contribution in [0.4, 0.5) is 0 Å². The first-order chi connectivity index (χ1) is 8.12. The molecule has 0 amide bonds. The normalized spacial score (nSPS) is 22.3. The fourth-order valence-electron chi connectivity index (χ4n) is 2.79. The summed E-state index contributed by atoms with van der Waals surface area (Å²) in [6, 6.07) is 9.45. The van der Waals surface area contributed by atoms with Gasteiger partial charge in [-0.05, 0) is 25.7 Å². The van der Waals surface area contributed by atoms with Crippen molar-refractivity contribution in [2.24, 2.45) is 5.73 Å². The van der Waals surface area contributed by atoms with Crippen LogP contribution in [0.15, 0.2) is 18.2 Å². The standard InChI is InChI=1S/C15H22NO.Re/c1-15(16,11-17)10-13-8-3-2-6-12-7-4-5-9-14(12)13;/h5,7,9,13,17H,2-3,6,8,10-11,16H2,1H3;/q-1;. The molecule has 3 heteroatoms. The Morgan fingerprint density at radius 3 is 3.00 bits per heavy atom. The Balaban J connectivity index is 0.00000162. The Hall–Kier alpha value is -0.198. The van der Waals surface area contributed by atoms with E-state index in [1.165, 1.54) is 30.4 Å². The van der Waals surface area contributed by atoms with Crippen molar-refractivity contribution >= 4 is 0 Å². The average molecular weight is 419 g/mol. The molecule has 1 aliphatic carbocycles. The van der Waals surface area contributed by atoms with Crippen molar-refractivity contribution < 1.29 is 25.5 Å². The summed E-state index contributed by atoms with van der Waals surface area (Å²) in [5, 5.41) is 9.31. The molecule has 0 heterocycles. The van der Waals surface area contributed by atoms with Crippen LogP contribution in [0.3, 0.4) is 0 Å². The molecule has 2 rings (SSSR count). The molecule has 0 saturated heterocycles. The van der Waals surface area contributed by atoms with Crippen molar-refractivity contribution in [3.05, 3.63) is 35.4 Å². The monoisotopic (exact) mass is 419 g/mol. The first-order valence-electron chi connectivity index (χ1n) is 6.51. The van der Waals surface area contributed by atoms with E-state index in [1.807, 2.05) is 13.0 Å². The van der Waals surface area contributed by atoms with E-state index >= 15 is 0 Å². The predicted molar refractivity (Wildman–Crippen MR) is 69.9 cm³/mol. The Bertz CT molecular complexity index is 379. The van der Waals surface area contributed by atoms with Crippen LogP contribution < -0.4 is 5.73 Å².